The van der Waals surface area contributed by atoms with Gasteiger partial charge in [0.05, 0.1) is 5.52 Å². The van der Waals surface area contributed by atoms with Crippen LogP contribution < -0.4 is 10.6 Å². The number of rotatable bonds is 1. The van der Waals surface area contributed by atoms with E-state index in [0.29, 0.717) is 0 Å². The van der Waals surface area contributed by atoms with Gasteiger partial charge in [0.25, 0.3) is 0 Å². The second-order valence-corrected chi connectivity index (χ2v) is 5.41. The van der Waals surface area contributed by atoms with Crippen molar-refractivity contribution in [1.82, 2.24) is 9.97 Å². The van der Waals surface area contributed by atoms with Gasteiger partial charge in [0, 0.05) is 24.2 Å². The van der Waals surface area contributed by atoms with E-state index in [0.717, 1.165) is 41.9 Å². The molecule has 1 aliphatic heterocycles. The molecule has 3 aromatic rings. The van der Waals surface area contributed by atoms with E-state index in [2.05, 4.69) is 39.1 Å². The summed E-state index contributed by atoms with van der Waals surface area (Å²) >= 11 is 0. The minimum absolute atomic E-state index is 0.746. The van der Waals surface area contributed by atoms with Gasteiger partial charge >= 0.3 is 0 Å². The van der Waals surface area contributed by atoms with Crippen LogP contribution in [-0.4, -0.2) is 16.5 Å². The van der Waals surface area contributed by atoms with Crippen LogP contribution in [0.1, 0.15) is 11.1 Å². The number of nitrogens with two attached hydrogens (primary N) is 1. The fourth-order valence-electron chi connectivity index (χ4n) is 2.99. The summed E-state index contributed by atoms with van der Waals surface area (Å²) in [5.74, 6) is 0.974. The van der Waals surface area contributed by atoms with Gasteiger partial charge in [-0.2, -0.15) is 0 Å². The Bertz CT molecular complexity index is 813. The first-order valence-corrected chi connectivity index (χ1v) is 7.13. The molecule has 4 nitrogen and oxygen atoms in total. The highest BCUT2D eigenvalue weighted by Gasteiger charge is 2.19. The topological polar surface area (TPSA) is 55.0 Å². The molecule has 0 spiro atoms. The maximum atomic E-state index is 5.92. The van der Waals surface area contributed by atoms with Gasteiger partial charge in [-0.15, -0.1) is 0 Å². The van der Waals surface area contributed by atoms with E-state index < -0.39 is 0 Å². The van der Waals surface area contributed by atoms with Gasteiger partial charge in [-0.3, -0.25) is 0 Å². The van der Waals surface area contributed by atoms with Crippen molar-refractivity contribution in [3.05, 3.63) is 59.9 Å². The molecule has 0 radical (unpaired) electrons. The standard InChI is InChI=1S/C17H16N4/c18-14-5-6-16-15(9-14)17(20-11-19-16)21-8-7-12-3-1-2-4-13(12)10-21/h1-6,9,11H,7-8,10,18H2. The molecule has 104 valence electrons. The van der Waals surface area contributed by atoms with Crippen LogP contribution >= 0.6 is 0 Å². The van der Waals surface area contributed by atoms with Crippen LogP contribution in [0.2, 0.25) is 0 Å². The van der Waals surface area contributed by atoms with Crippen molar-refractivity contribution in [3.8, 4) is 0 Å². The van der Waals surface area contributed by atoms with E-state index in [4.69, 9.17) is 5.73 Å². The Hall–Kier alpha value is -2.62. The van der Waals surface area contributed by atoms with Crippen LogP contribution in [0.3, 0.4) is 0 Å². The highest BCUT2D eigenvalue weighted by atomic mass is 15.2. The van der Waals surface area contributed by atoms with Crippen LogP contribution in [0.5, 0.6) is 0 Å². The zero-order valence-electron chi connectivity index (χ0n) is 11.7. The Kier molecular flexibility index (Phi) is 2.74. The van der Waals surface area contributed by atoms with Gasteiger partial charge in [0.15, 0.2) is 0 Å². The Balaban J connectivity index is 1.80. The second-order valence-electron chi connectivity index (χ2n) is 5.41. The molecule has 2 N–H and O–H groups in total. The van der Waals surface area contributed by atoms with Crippen molar-refractivity contribution in [1.29, 1.82) is 0 Å². The zero-order chi connectivity index (χ0) is 14.2. The van der Waals surface area contributed by atoms with Crippen molar-refractivity contribution >= 4 is 22.4 Å². The fourth-order valence-corrected chi connectivity index (χ4v) is 2.99. The first kappa shape index (κ1) is 12.1. The largest absolute Gasteiger partial charge is 0.399 e. The van der Waals surface area contributed by atoms with Crippen molar-refractivity contribution in [2.75, 3.05) is 17.2 Å². The lowest BCUT2D eigenvalue weighted by Crippen LogP contribution is -2.31. The summed E-state index contributed by atoms with van der Waals surface area (Å²) in [6.07, 6.45) is 2.68. The number of benzene rings is 2. The Morgan fingerprint density at radius 2 is 1.86 bits per heavy atom. The number of aromatic nitrogens is 2. The van der Waals surface area contributed by atoms with Gasteiger partial charge in [-0.1, -0.05) is 24.3 Å². The summed E-state index contributed by atoms with van der Waals surface area (Å²) < 4.78 is 0. The van der Waals surface area contributed by atoms with Crippen LogP contribution in [0, 0.1) is 0 Å². The monoisotopic (exact) mass is 276 g/mol. The van der Waals surface area contributed by atoms with Gasteiger partial charge in [-0.25, -0.2) is 9.97 Å². The lowest BCUT2D eigenvalue weighted by molar-refractivity contribution is 0.723. The quantitative estimate of drug-likeness (QED) is 0.694. The molecule has 2 aromatic carbocycles. The molecule has 0 unspecified atom stereocenters. The third-order valence-corrected chi connectivity index (χ3v) is 4.07. The summed E-state index contributed by atoms with van der Waals surface area (Å²) in [6, 6.07) is 14.4. The summed E-state index contributed by atoms with van der Waals surface area (Å²) in [5.41, 5.74) is 10.4. The van der Waals surface area contributed by atoms with E-state index >= 15 is 0 Å². The highest BCUT2D eigenvalue weighted by molar-refractivity contribution is 5.91. The van der Waals surface area contributed by atoms with Gasteiger partial charge in [0.1, 0.15) is 12.1 Å². The van der Waals surface area contributed by atoms with Gasteiger partial charge in [-0.05, 0) is 35.7 Å². The second kappa shape index (κ2) is 4.74. The fraction of sp³-hybridized carbons (Fsp3) is 0.176. The number of anilines is 2. The minimum atomic E-state index is 0.746. The molecule has 4 heteroatoms. The minimum Gasteiger partial charge on any atom is -0.399 e. The molecule has 1 aliphatic rings. The molecule has 0 aliphatic carbocycles. The number of hydrogen-bond donors (Lipinski definition) is 1. The van der Waals surface area contributed by atoms with Crippen LogP contribution in [0.25, 0.3) is 10.9 Å². The summed E-state index contributed by atoms with van der Waals surface area (Å²) in [6.45, 7) is 1.86. The van der Waals surface area contributed by atoms with E-state index in [-0.39, 0.29) is 0 Å². The molecular weight excluding hydrogens is 260 g/mol. The Morgan fingerprint density at radius 3 is 2.76 bits per heavy atom. The number of nitrogens with zero attached hydrogens (tertiary/aromatic N) is 3. The third kappa shape index (κ3) is 2.09. The van der Waals surface area contributed by atoms with Crippen molar-refractivity contribution < 1.29 is 0 Å². The summed E-state index contributed by atoms with van der Waals surface area (Å²) in [7, 11) is 0. The predicted octanol–water partition coefficient (Wildman–Crippen LogP) is 2.77. The zero-order valence-corrected chi connectivity index (χ0v) is 11.7. The normalized spacial score (nSPS) is 14.2. The molecule has 0 bridgehead atoms. The van der Waals surface area contributed by atoms with Gasteiger partial charge in [0.2, 0.25) is 0 Å². The average Bonchev–Trinajstić information content (AvgIpc) is 2.54. The lowest BCUT2D eigenvalue weighted by Gasteiger charge is -2.30. The molecule has 0 atom stereocenters. The van der Waals surface area contributed by atoms with Crippen molar-refractivity contribution in [3.63, 3.8) is 0 Å². The highest BCUT2D eigenvalue weighted by Crippen LogP contribution is 2.29. The molecule has 0 fully saturated rings. The smallest absolute Gasteiger partial charge is 0.140 e. The molecule has 0 saturated heterocycles. The Morgan fingerprint density at radius 1 is 1.00 bits per heavy atom. The average molecular weight is 276 g/mol. The van der Waals surface area contributed by atoms with E-state index in [1.165, 1.54) is 11.1 Å². The van der Waals surface area contributed by atoms with Crippen LogP contribution in [-0.2, 0) is 13.0 Å². The maximum absolute atomic E-state index is 5.92. The molecule has 21 heavy (non-hydrogen) atoms. The van der Waals surface area contributed by atoms with E-state index in [1.54, 1.807) is 6.33 Å². The lowest BCUT2D eigenvalue weighted by atomic mass is 9.99. The summed E-state index contributed by atoms with van der Waals surface area (Å²) in [4.78, 5) is 11.1. The summed E-state index contributed by atoms with van der Waals surface area (Å²) in [5, 5.41) is 1.02. The molecule has 2 heterocycles. The SMILES string of the molecule is Nc1ccc2ncnc(N3CCc4ccccc4C3)c2c1. The molecular formula is C17H16N4. The number of nitrogen functional groups attached to an aromatic ring is 1. The third-order valence-electron chi connectivity index (χ3n) is 4.07. The van der Waals surface area contributed by atoms with E-state index in [1.807, 2.05) is 18.2 Å². The molecule has 0 amide bonds. The van der Waals surface area contributed by atoms with Crippen LogP contribution in [0.4, 0.5) is 11.5 Å². The molecule has 0 saturated carbocycles. The van der Waals surface area contributed by atoms with Crippen LogP contribution in [0.15, 0.2) is 48.8 Å². The maximum Gasteiger partial charge on any atom is 0.140 e. The molecule has 4 rings (SSSR count). The first-order valence-electron chi connectivity index (χ1n) is 7.13. The number of fused-ring (bicyclic) bond motifs is 2. The Labute approximate surface area is 123 Å². The number of hydrogen-bond acceptors (Lipinski definition) is 4. The molecule has 1 aromatic heterocycles. The van der Waals surface area contributed by atoms with E-state index in [9.17, 15) is 0 Å². The van der Waals surface area contributed by atoms with Crippen molar-refractivity contribution in [2.24, 2.45) is 0 Å². The predicted molar refractivity (Wildman–Crippen MR) is 85.1 cm³/mol. The van der Waals surface area contributed by atoms with Gasteiger partial charge < -0.3 is 10.6 Å². The van der Waals surface area contributed by atoms with Crippen molar-refractivity contribution in [2.45, 2.75) is 13.0 Å². The first-order chi connectivity index (χ1) is 10.3.